The molecule has 0 amide bonds. The number of hydrogen-bond donors (Lipinski definition) is 0. The average Bonchev–Trinajstić information content (AvgIpc) is 1.88. The molecule has 1 aromatic heterocycles. The van der Waals surface area contributed by atoms with Gasteiger partial charge in [-0.25, -0.2) is 0 Å². The molecular formula is C7H9NO2. The first-order valence-corrected chi connectivity index (χ1v) is 3.16. The smallest absolute Gasteiger partial charge is 0.275 e. The Balaban J connectivity index is 3.07. The van der Waals surface area contributed by atoms with Crippen LogP contribution in [-0.4, -0.2) is 4.98 Å². The van der Waals surface area contributed by atoms with Crippen molar-refractivity contribution in [2.75, 3.05) is 0 Å². The molecule has 3 heteroatoms. The highest BCUT2D eigenvalue weighted by Crippen LogP contribution is 2.06. The topological polar surface area (TPSA) is 43.1 Å². The maximum atomic E-state index is 10.6. The van der Waals surface area contributed by atoms with Crippen LogP contribution in [0, 0.1) is 0 Å². The van der Waals surface area contributed by atoms with E-state index in [1.54, 1.807) is 0 Å². The number of rotatable bonds is 1. The summed E-state index contributed by atoms with van der Waals surface area (Å²) in [6.07, 6.45) is 1.37. The predicted molar refractivity (Wildman–Crippen MR) is 36.9 cm³/mol. The molecule has 0 N–H and O–H groups in total. The quantitative estimate of drug-likeness (QED) is 0.586. The molecule has 0 saturated carbocycles. The lowest BCUT2D eigenvalue weighted by Gasteiger charge is -1.98. The predicted octanol–water partition coefficient (Wildman–Crippen LogP) is 1.16. The summed E-state index contributed by atoms with van der Waals surface area (Å²) in [6, 6.07) is 1.30. The fourth-order valence-electron chi connectivity index (χ4n) is 0.599. The molecule has 0 aromatic carbocycles. The minimum absolute atomic E-state index is 0.175. The zero-order chi connectivity index (χ0) is 7.56. The molecule has 0 fully saturated rings. The molecule has 0 bridgehead atoms. The van der Waals surface area contributed by atoms with E-state index in [0.29, 0.717) is 5.89 Å². The maximum absolute atomic E-state index is 10.6. The van der Waals surface area contributed by atoms with Crippen molar-refractivity contribution in [3.05, 3.63) is 28.6 Å². The Morgan fingerprint density at radius 3 is 2.70 bits per heavy atom. The van der Waals surface area contributed by atoms with Crippen LogP contribution in [0.5, 0.6) is 0 Å². The van der Waals surface area contributed by atoms with Crippen molar-refractivity contribution in [2.45, 2.75) is 19.8 Å². The van der Waals surface area contributed by atoms with Crippen LogP contribution in [0.2, 0.25) is 0 Å². The second kappa shape index (κ2) is 2.64. The second-order valence-electron chi connectivity index (χ2n) is 2.36. The first-order valence-electron chi connectivity index (χ1n) is 3.16. The summed E-state index contributed by atoms with van der Waals surface area (Å²) in [5.74, 6) is 0.668. The van der Waals surface area contributed by atoms with Gasteiger partial charge in [0, 0.05) is 12.0 Å². The molecule has 0 aliphatic carbocycles. The summed E-state index contributed by atoms with van der Waals surface area (Å²) in [5.41, 5.74) is -0.241. The molecule has 1 aromatic rings. The van der Waals surface area contributed by atoms with Crippen molar-refractivity contribution in [1.29, 1.82) is 0 Å². The summed E-state index contributed by atoms with van der Waals surface area (Å²) in [4.78, 5) is 14.3. The molecule has 0 aliphatic rings. The van der Waals surface area contributed by atoms with Crippen LogP contribution in [0.4, 0.5) is 0 Å². The van der Waals surface area contributed by atoms with Crippen LogP contribution >= 0.6 is 0 Å². The van der Waals surface area contributed by atoms with Crippen LogP contribution in [-0.2, 0) is 0 Å². The third-order valence-corrected chi connectivity index (χ3v) is 1.11. The third kappa shape index (κ3) is 1.43. The van der Waals surface area contributed by atoms with E-state index in [1.165, 1.54) is 12.3 Å². The Morgan fingerprint density at radius 2 is 2.30 bits per heavy atom. The minimum Gasteiger partial charge on any atom is -0.450 e. The molecule has 0 aliphatic heterocycles. The van der Waals surface area contributed by atoms with E-state index < -0.39 is 0 Å². The van der Waals surface area contributed by atoms with Gasteiger partial charge in [-0.2, -0.15) is 4.98 Å². The molecule has 0 spiro atoms. The highest BCUT2D eigenvalue weighted by molar-refractivity contribution is 4.87. The second-order valence-corrected chi connectivity index (χ2v) is 2.36. The zero-order valence-electron chi connectivity index (χ0n) is 6.00. The van der Waals surface area contributed by atoms with Gasteiger partial charge in [0.1, 0.15) is 0 Å². The van der Waals surface area contributed by atoms with E-state index in [-0.39, 0.29) is 11.5 Å². The summed E-state index contributed by atoms with van der Waals surface area (Å²) in [5, 5.41) is 0. The lowest BCUT2D eigenvalue weighted by molar-refractivity contribution is 0.439. The highest BCUT2D eigenvalue weighted by Gasteiger charge is 2.01. The molecule has 0 saturated heterocycles. The van der Waals surface area contributed by atoms with Crippen LogP contribution in [0.1, 0.15) is 25.7 Å². The minimum atomic E-state index is -0.241. The van der Waals surface area contributed by atoms with Gasteiger partial charge >= 0.3 is 0 Å². The Labute approximate surface area is 58.7 Å². The maximum Gasteiger partial charge on any atom is 0.275 e. The normalized spacial score (nSPS) is 10.3. The van der Waals surface area contributed by atoms with Crippen molar-refractivity contribution >= 4 is 0 Å². The van der Waals surface area contributed by atoms with E-state index >= 15 is 0 Å². The number of aromatic nitrogens is 1. The Bertz CT molecular complexity index is 264. The lowest BCUT2D eigenvalue weighted by atomic mass is 10.2. The van der Waals surface area contributed by atoms with E-state index in [9.17, 15) is 4.79 Å². The third-order valence-electron chi connectivity index (χ3n) is 1.11. The Morgan fingerprint density at radius 1 is 1.60 bits per heavy atom. The van der Waals surface area contributed by atoms with Gasteiger partial charge in [-0.05, 0) is 0 Å². The van der Waals surface area contributed by atoms with Gasteiger partial charge in [-0.3, -0.25) is 4.79 Å². The van der Waals surface area contributed by atoms with Crippen LogP contribution < -0.4 is 5.56 Å². The van der Waals surface area contributed by atoms with Gasteiger partial charge in [0.25, 0.3) is 5.56 Å². The van der Waals surface area contributed by atoms with E-state index in [0.717, 1.165) is 0 Å². The van der Waals surface area contributed by atoms with Crippen LogP contribution in [0.15, 0.2) is 21.5 Å². The van der Waals surface area contributed by atoms with Gasteiger partial charge in [-0.1, -0.05) is 13.8 Å². The van der Waals surface area contributed by atoms with Crippen molar-refractivity contribution < 1.29 is 4.42 Å². The van der Waals surface area contributed by atoms with Gasteiger partial charge in [0.05, 0.1) is 6.26 Å². The molecule has 3 nitrogen and oxygen atoms in total. The zero-order valence-corrected chi connectivity index (χ0v) is 6.00. The van der Waals surface area contributed by atoms with E-state index in [4.69, 9.17) is 4.42 Å². The molecule has 0 atom stereocenters. The average molecular weight is 139 g/mol. The first-order chi connectivity index (χ1) is 4.70. The molecular weight excluding hydrogens is 130 g/mol. The fraction of sp³-hybridized carbons (Fsp3) is 0.429. The van der Waals surface area contributed by atoms with Gasteiger partial charge in [0.2, 0.25) is 0 Å². The standard InChI is InChI=1S/C7H9NO2/c1-5(2)7-8-6(9)3-4-10-7/h3-5H,1-2H3. The first kappa shape index (κ1) is 6.99. The van der Waals surface area contributed by atoms with Crippen molar-refractivity contribution in [3.63, 3.8) is 0 Å². The monoisotopic (exact) mass is 139 g/mol. The molecule has 0 radical (unpaired) electrons. The summed E-state index contributed by atoms with van der Waals surface area (Å²) in [6.45, 7) is 3.84. The molecule has 0 unspecified atom stereocenters. The van der Waals surface area contributed by atoms with Gasteiger partial charge in [0.15, 0.2) is 5.89 Å². The summed E-state index contributed by atoms with van der Waals surface area (Å²) >= 11 is 0. The molecule has 1 rings (SSSR count). The van der Waals surface area contributed by atoms with Crippen molar-refractivity contribution in [2.24, 2.45) is 0 Å². The number of nitrogens with zero attached hydrogens (tertiary/aromatic N) is 1. The molecule has 54 valence electrons. The van der Waals surface area contributed by atoms with Crippen LogP contribution in [0.3, 0.4) is 0 Å². The van der Waals surface area contributed by atoms with E-state index in [2.05, 4.69) is 4.98 Å². The fourth-order valence-corrected chi connectivity index (χ4v) is 0.599. The number of hydrogen-bond acceptors (Lipinski definition) is 3. The van der Waals surface area contributed by atoms with Gasteiger partial charge in [-0.15, -0.1) is 0 Å². The SMILES string of the molecule is CC(C)c1nc(=O)cco1. The van der Waals surface area contributed by atoms with Crippen LogP contribution in [0.25, 0.3) is 0 Å². The molecule has 1 heterocycles. The molecule has 10 heavy (non-hydrogen) atoms. The van der Waals surface area contributed by atoms with Gasteiger partial charge < -0.3 is 4.42 Å². The lowest BCUT2D eigenvalue weighted by Crippen LogP contribution is -2.06. The Kier molecular flexibility index (Phi) is 1.85. The van der Waals surface area contributed by atoms with Crippen molar-refractivity contribution in [1.82, 2.24) is 4.98 Å². The highest BCUT2D eigenvalue weighted by atomic mass is 16.3. The van der Waals surface area contributed by atoms with E-state index in [1.807, 2.05) is 13.8 Å². The summed E-state index contributed by atoms with van der Waals surface area (Å²) in [7, 11) is 0. The largest absolute Gasteiger partial charge is 0.450 e. The van der Waals surface area contributed by atoms with Crippen molar-refractivity contribution in [3.8, 4) is 0 Å². The Hall–Kier alpha value is -1.12. The summed E-state index contributed by atoms with van der Waals surface area (Å²) < 4.78 is 4.96.